The summed E-state index contributed by atoms with van der Waals surface area (Å²) in [5.41, 5.74) is 1.12. The zero-order valence-corrected chi connectivity index (χ0v) is 9.55. The number of hydrogen-bond acceptors (Lipinski definition) is 3. The lowest BCUT2D eigenvalue weighted by molar-refractivity contribution is 0.276. The van der Waals surface area contributed by atoms with Crippen LogP contribution in [0.25, 0.3) is 0 Å². The van der Waals surface area contributed by atoms with Gasteiger partial charge in [-0.25, -0.2) is 0 Å². The molecule has 84 valence electrons. The first-order chi connectivity index (χ1) is 7.24. The smallest absolute Gasteiger partial charge is 0.137 e. The van der Waals surface area contributed by atoms with Crippen LogP contribution in [-0.2, 0) is 0 Å². The molecule has 0 unspecified atom stereocenters. The molecule has 15 heavy (non-hydrogen) atoms. The van der Waals surface area contributed by atoms with Crippen molar-refractivity contribution in [3.63, 3.8) is 0 Å². The van der Waals surface area contributed by atoms with E-state index < -0.39 is 0 Å². The predicted molar refractivity (Wildman–Crippen MR) is 61.6 cm³/mol. The van der Waals surface area contributed by atoms with E-state index in [4.69, 9.17) is 21.4 Å². The van der Waals surface area contributed by atoms with Gasteiger partial charge in [0, 0.05) is 13.1 Å². The van der Waals surface area contributed by atoms with Crippen LogP contribution in [0.3, 0.4) is 0 Å². The lowest BCUT2D eigenvalue weighted by atomic mass is 10.2. The van der Waals surface area contributed by atoms with E-state index in [9.17, 15) is 0 Å². The zero-order valence-electron chi connectivity index (χ0n) is 8.79. The molecule has 0 aromatic heterocycles. The SMILES string of the molecule is Cc1ccc(OCCNCCO)c(Cl)c1. The summed E-state index contributed by atoms with van der Waals surface area (Å²) < 4.78 is 5.46. The first-order valence-corrected chi connectivity index (χ1v) is 5.32. The van der Waals surface area contributed by atoms with Gasteiger partial charge in [-0.15, -0.1) is 0 Å². The molecular formula is C11H16ClNO2. The van der Waals surface area contributed by atoms with Gasteiger partial charge >= 0.3 is 0 Å². The maximum absolute atomic E-state index is 8.53. The van der Waals surface area contributed by atoms with E-state index >= 15 is 0 Å². The number of aliphatic hydroxyl groups excluding tert-OH is 1. The van der Waals surface area contributed by atoms with Crippen molar-refractivity contribution in [3.8, 4) is 5.75 Å². The molecule has 0 atom stereocenters. The van der Waals surface area contributed by atoms with Crippen LogP contribution in [0, 0.1) is 6.92 Å². The fourth-order valence-electron chi connectivity index (χ4n) is 1.16. The van der Waals surface area contributed by atoms with E-state index in [1.807, 2.05) is 25.1 Å². The van der Waals surface area contributed by atoms with Gasteiger partial charge in [0.1, 0.15) is 12.4 Å². The molecule has 3 nitrogen and oxygen atoms in total. The Morgan fingerprint density at radius 2 is 2.20 bits per heavy atom. The van der Waals surface area contributed by atoms with Gasteiger partial charge in [0.15, 0.2) is 0 Å². The summed E-state index contributed by atoms with van der Waals surface area (Å²) >= 11 is 5.98. The van der Waals surface area contributed by atoms with E-state index in [0.29, 0.717) is 30.5 Å². The maximum Gasteiger partial charge on any atom is 0.137 e. The highest BCUT2D eigenvalue weighted by molar-refractivity contribution is 6.32. The zero-order chi connectivity index (χ0) is 11.1. The Bertz CT molecular complexity index is 305. The Balaban J connectivity index is 2.31. The molecule has 1 aromatic carbocycles. The number of benzene rings is 1. The third-order valence-electron chi connectivity index (χ3n) is 1.91. The average Bonchev–Trinajstić information content (AvgIpc) is 2.20. The first-order valence-electron chi connectivity index (χ1n) is 4.94. The molecule has 0 heterocycles. The second kappa shape index (κ2) is 6.67. The number of aliphatic hydroxyl groups is 1. The van der Waals surface area contributed by atoms with Crippen molar-refractivity contribution in [1.29, 1.82) is 0 Å². The molecule has 2 N–H and O–H groups in total. The van der Waals surface area contributed by atoms with Gasteiger partial charge in [0.2, 0.25) is 0 Å². The summed E-state index contributed by atoms with van der Waals surface area (Å²) in [7, 11) is 0. The van der Waals surface area contributed by atoms with Gasteiger partial charge in [0.25, 0.3) is 0 Å². The standard InChI is InChI=1S/C11H16ClNO2/c1-9-2-3-11(10(12)8-9)15-7-5-13-4-6-14/h2-3,8,13-14H,4-7H2,1H3. The van der Waals surface area contributed by atoms with E-state index in [1.54, 1.807) is 0 Å². The van der Waals surface area contributed by atoms with Crippen LogP contribution in [-0.4, -0.2) is 31.4 Å². The molecule has 0 radical (unpaired) electrons. The molecule has 0 saturated heterocycles. The van der Waals surface area contributed by atoms with E-state index in [0.717, 1.165) is 5.56 Å². The van der Waals surface area contributed by atoms with Gasteiger partial charge in [0.05, 0.1) is 11.6 Å². The van der Waals surface area contributed by atoms with Gasteiger partial charge in [-0.05, 0) is 24.6 Å². The average molecular weight is 230 g/mol. The largest absolute Gasteiger partial charge is 0.491 e. The van der Waals surface area contributed by atoms with Crippen molar-refractivity contribution in [2.75, 3.05) is 26.3 Å². The Morgan fingerprint density at radius 1 is 1.40 bits per heavy atom. The third kappa shape index (κ3) is 4.51. The van der Waals surface area contributed by atoms with Crippen molar-refractivity contribution in [2.45, 2.75) is 6.92 Å². The lowest BCUT2D eigenvalue weighted by Gasteiger charge is -2.08. The van der Waals surface area contributed by atoms with Crippen LogP contribution >= 0.6 is 11.6 Å². The molecule has 0 fully saturated rings. The molecule has 0 aliphatic heterocycles. The number of rotatable bonds is 6. The summed E-state index contributed by atoms with van der Waals surface area (Å²) in [6, 6.07) is 5.70. The molecule has 1 aromatic rings. The Hall–Kier alpha value is -0.770. The highest BCUT2D eigenvalue weighted by Gasteiger charge is 2.00. The summed E-state index contributed by atoms with van der Waals surface area (Å²) in [5, 5.41) is 12.2. The Labute approximate surface area is 95.0 Å². The van der Waals surface area contributed by atoms with Crippen molar-refractivity contribution in [3.05, 3.63) is 28.8 Å². The van der Waals surface area contributed by atoms with E-state index in [2.05, 4.69) is 5.32 Å². The van der Waals surface area contributed by atoms with Gasteiger partial charge in [-0.2, -0.15) is 0 Å². The third-order valence-corrected chi connectivity index (χ3v) is 2.21. The van der Waals surface area contributed by atoms with Crippen molar-refractivity contribution >= 4 is 11.6 Å². The molecule has 0 bridgehead atoms. The van der Waals surface area contributed by atoms with Crippen LogP contribution in [0.1, 0.15) is 5.56 Å². The number of aryl methyl sites for hydroxylation is 1. The molecule has 0 aliphatic rings. The second-order valence-corrected chi connectivity index (χ2v) is 3.66. The Morgan fingerprint density at radius 3 is 2.87 bits per heavy atom. The monoisotopic (exact) mass is 229 g/mol. The maximum atomic E-state index is 8.53. The molecular weight excluding hydrogens is 214 g/mol. The molecule has 0 amide bonds. The highest BCUT2D eigenvalue weighted by atomic mass is 35.5. The van der Waals surface area contributed by atoms with Crippen molar-refractivity contribution in [2.24, 2.45) is 0 Å². The van der Waals surface area contributed by atoms with Gasteiger partial charge in [-0.3, -0.25) is 0 Å². The number of hydrogen-bond donors (Lipinski definition) is 2. The molecule has 4 heteroatoms. The molecule has 1 rings (SSSR count). The fraction of sp³-hybridized carbons (Fsp3) is 0.455. The first kappa shape index (κ1) is 12.3. The summed E-state index contributed by atoms with van der Waals surface area (Å²) in [6.45, 7) is 3.96. The normalized spacial score (nSPS) is 10.3. The van der Waals surface area contributed by atoms with Crippen LogP contribution in [0.2, 0.25) is 5.02 Å². The number of nitrogens with one attached hydrogen (secondary N) is 1. The minimum absolute atomic E-state index is 0.144. The second-order valence-electron chi connectivity index (χ2n) is 3.26. The molecule has 0 aliphatic carbocycles. The van der Waals surface area contributed by atoms with Crippen LogP contribution in [0.5, 0.6) is 5.75 Å². The molecule has 0 spiro atoms. The minimum Gasteiger partial charge on any atom is -0.491 e. The van der Waals surface area contributed by atoms with Crippen molar-refractivity contribution < 1.29 is 9.84 Å². The quantitative estimate of drug-likeness (QED) is 0.729. The topological polar surface area (TPSA) is 41.5 Å². The van der Waals surface area contributed by atoms with Gasteiger partial charge < -0.3 is 15.2 Å². The summed E-state index contributed by atoms with van der Waals surface area (Å²) in [6.07, 6.45) is 0. The predicted octanol–water partition coefficient (Wildman–Crippen LogP) is 1.61. The summed E-state index contributed by atoms with van der Waals surface area (Å²) in [5.74, 6) is 0.702. The number of ether oxygens (including phenoxy) is 1. The summed E-state index contributed by atoms with van der Waals surface area (Å²) in [4.78, 5) is 0. The van der Waals surface area contributed by atoms with Crippen molar-refractivity contribution in [1.82, 2.24) is 5.32 Å². The van der Waals surface area contributed by atoms with E-state index in [-0.39, 0.29) is 6.61 Å². The fourth-order valence-corrected chi connectivity index (χ4v) is 1.45. The molecule has 0 saturated carbocycles. The van der Waals surface area contributed by atoms with E-state index in [1.165, 1.54) is 0 Å². The van der Waals surface area contributed by atoms with Crippen LogP contribution in [0.15, 0.2) is 18.2 Å². The highest BCUT2D eigenvalue weighted by Crippen LogP contribution is 2.24. The van der Waals surface area contributed by atoms with Crippen LogP contribution in [0.4, 0.5) is 0 Å². The number of halogens is 1. The lowest BCUT2D eigenvalue weighted by Crippen LogP contribution is -2.24. The van der Waals surface area contributed by atoms with Gasteiger partial charge in [-0.1, -0.05) is 17.7 Å². The minimum atomic E-state index is 0.144. The van der Waals surface area contributed by atoms with Crippen LogP contribution < -0.4 is 10.1 Å². The Kier molecular flexibility index (Phi) is 5.47.